The Morgan fingerprint density at radius 3 is 2.75 bits per heavy atom. The van der Waals surface area contributed by atoms with Crippen LogP contribution in [0.4, 0.5) is 0 Å². The standard InChI is InChI=1S/C17H22N2O/c1-2-5-16-6-3-4-11-19(16)17(20)12-14-7-9-15(13-18)10-8-14/h7-10,16H,2-6,11-12H2,1H3. The Labute approximate surface area is 121 Å². The minimum atomic E-state index is 0.229. The second kappa shape index (κ2) is 7.09. The number of benzene rings is 1. The number of likely N-dealkylation sites (tertiary alicyclic amines) is 1. The first kappa shape index (κ1) is 14.6. The molecule has 1 amide bonds. The monoisotopic (exact) mass is 270 g/mol. The van der Waals surface area contributed by atoms with E-state index in [9.17, 15) is 4.79 Å². The van der Waals surface area contributed by atoms with Crippen molar-refractivity contribution in [1.82, 2.24) is 4.90 Å². The quantitative estimate of drug-likeness (QED) is 0.842. The van der Waals surface area contributed by atoms with E-state index >= 15 is 0 Å². The first-order valence-electron chi connectivity index (χ1n) is 7.53. The second-order valence-corrected chi connectivity index (χ2v) is 5.51. The number of carbonyl (C=O) groups excluding carboxylic acids is 1. The Morgan fingerprint density at radius 1 is 1.35 bits per heavy atom. The molecule has 0 radical (unpaired) electrons. The van der Waals surface area contributed by atoms with Gasteiger partial charge in [-0.3, -0.25) is 4.79 Å². The molecule has 3 heteroatoms. The maximum absolute atomic E-state index is 12.5. The number of hydrogen-bond donors (Lipinski definition) is 0. The van der Waals surface area contributed by atoms with Crippen molar-refractivity contribution in [3.05, 3.63) is 35.4 Å². The van der Waals surface area contributed by atoms with Crippen LogP contribution in [-0.2, 0) is 11.2 Å². The number of hydrogen-bond acceptors (Lipinski definition) is 2. The van der Waals surface area contributed by atoms with E-state index in [2.05, 4.69) is 17.9 Å². The average molecular weight is 270 g/mol. The molecule has 0 aliphatic carbocycles. The van der Waals surface area contributed by atoms with Gasteiger partial charge in [0.25, 0.3) is 0 Å². The molecule has 0 spiro atoms. The summed E-state index contributed by atoms with van der Waals surface area (Å²) in [4.78, 5) is 14.5. The van der Waals surface area contributed by atoms with E-state index < -0.39 is 0 Å². The van der Waals surface area contributed by atoms with Gasteiger partial charge in [0.2, 0.25) is 5.91 Å². The number of carbonyl (C=O) groups is 1. The van der Waals surface area contributed by atoms with E-state index in [4.69, 9.17) is 5.26 Å². The van der Waals surface area contributed by atoms with Crippen LogP contribution in [0.3, 0.4) is 0 Å². The predicted octanol–water partition coefficient (Wildman–Crippen LogP) is 3.28. The fourth-order valence-electron chi connectivity index (χ4n) is 2.94. The van der Waals surface area contributed by atoms with Crippen LogP contribution in [0.5, 0.6) is 0 Å². The molecule has 20 heavy (non-hydrogen) atoms. The Kier molecular flexibility index (Phi) is 5.17. The third-order valence-electron chi connectivity index (χ3n) is 4.01. The second-order valence-electron chi connectivity index (χ2n) is 5.51. The van der Waals surface area contributed by atoms with Crippen molar-refractivity contribution in [1.29, 1.82) is 5.26 Å². The summed E-state index contributed by atoms with van der Waals surface area (Å²) >= 11 is 0. The van der Waals surface area contributed by atoms with E-state index in [1.807, 2.05) is 12.1 Å². The SMILES string of the molecule is CCCC1CCCCN1C(=O)Cc1ccc(C#N)cc1. The molecule has 3 nitrogen and oxygen atoms in total. The molecule has 1 aliphatic rings. The Bertz CT molecular complexity index is 485. The zero-order chi connectivity index (χ0) is 14.4. The molecule has 1 aliphatic heterocycles. The van der Waals surface area contributed by atoms with Crippen LogP contribution in [-0.4, -0.2) is 23.4 Å². The summed E-state index contributed by atoms with van der Waals surface area (Å²) in [5.74, 6) is 0.229. The van der Waals surface area contributed by atoms with Gasteiger partial charge in [-0.2, -0.15) is 5.26 Å². The van der Waals surface area contributed by atoms with E-state index in [0.717, 1.165) is 37.8 Å². The number of amides is 1. The molecule has 0 N–H and O–H groups in total. The lowest BCUT2D eigenvalue weighted by atomic mass is 9.97. The van der Waals surface area contributed by atoms with Gasteiger partial charge in [0.05, 0.1) is 18.1 Å². The van der Waals surface area contributed by atoms with Crippen molar-refractivity contribution in [2.45, 2.75) is 51.5 Å². The predicted molar refractivity (Wildman–Crippen MR) is 79.1 cm³/mol. The molecule has 1 saturated heterocycles. The summed E-state index contributed by atoms with van der Waals surface area (Å²) in [6, 6.07) is 9.86. The zero-order valence-electron chi connectivity index (χ0n) is 12.1. The molecule has 1 atom stereocenters. The normalized spacial score (nSPS) is 18.6. The molecule has 0 bridgehead atoms. The van der Waals surface area contributed by atoms with Crippen LogP contribution in [0.25, 0.3) is 0 Å². The van der Waals surface area contributed by atoms with Gasteiger partial charge < -0.3 is 4.90 Å². The van der Waals surface area contributed by atoms with Crippen molar-refractivity contribution >= 4 is 5.91 Å². The highest BCUT2D eigenvalue weighted by Gasteiger charge is 2.25. The summed E-state index contributed by atoms with van der Waals surface area (Å²) < 4.78 is 0. The number of rotatable bonds is 4. The molecule has 0 aromatic heterocycles. The van der Waals surface area contributed by atoms with Gasteiger partial charge in [-0.15, -0.1) is 0 Å². The highest BCUT2D eigenvalue weighted by atomic mass is 16.2. The van der Waals surface area contributed by atoms with Crippen molar-refractivity contribution < 1.29 is 4.79 Å². The van der Waals surface area contributed by atoms with Crippen molar-refractivity contribution in [3.63, 3.8) is 0 Å². The minimum absolute atomic E-state index is 0.229. The van der Waals surface area contributed by atoms with Crippen molar-refractivity contribution in [3.8, 4) is 6.07 Å². The number of nitriles is 1. The molecule has 2 rings (SSSR count). The fraction of sp³-hybridized carbons (Fsp3) is 0.529. The van der Waals surface area contributed by atoms with Crippen LogP contribution in [0, 0.1) is 11.3 Å². The number of nitrogens with zero attached hydrogens (tertiary/aromatic N) is 2. The highest BCUT2D eigenvalue weighted by Crippen LogP contribution is 2.21. The van der Waals surface area contributed by atoms with Gasteiger partial charge in [-0.25, -0.2) is 0 Å². The lowest BCUT2D eigenvalue weighted by Gasteiger charge is -2.36. The van der Waals surface area contributed by atoms with Crippen LogP contribution in [0.15, 0.2) is 24.3 Å². The Hall–Kier alpha value is -1.82. The molecular formula is C17H22N2O. The summed E-state index contributed by atoms with van der Waals surface area (Å²) in [6.45, 7) is 3.08. The summed E-state index contributed by atoms with van der Waals surface area (Å²) in [7, 11) is 0. The molecular weight excluding hydrogens is 248 g/mol. The molecule has 0 saturated carbocycles. The molecule has 106 valence electrons. The molecule has 1 aromatic carbocycles. The van der Waals surface area contributed by atoms with E-state index in [1.54, 1.807) is 12.1 Å². The molecule has 1 unspecified atom stereocenters. The van der Waals surface area contributed by atoms with Crippen LogP contribution < -0.4 is 0 Å². The van der Waals surface area contributed by atoms with Gasteiger partial charge in [0.1, 0.15) is 0 Å². The smallest absolute Gasteiger partial charge is 0.227 e. The number of piperidine rings is 1. The van der Waals surface area contributed by atoms with Crippen LogP contribution in [0.1, 0.15) is 50.2 Å². The first-order valence-corrected chi connectivity index (χ1v) is 7.53. The summed E-state index contributed by atoms with van der Waals surface area (Å²) in [5, 5.41) is 8.78. The minimum Gasteiger partial charge on any atom is -0.339 e. The lowest BCUT2D eigenvalue weighted by Crippen LogP contribution is -2.44. The molecule has 1 fully saturated rings. The first-order chi connectivity index (χ1) is 9.74. The molecule has 1 heterocycles. The highest BCUT2D eigenvalue weighted by molar-refractivity contribution is 5.79. The van der Waals surface area contributed by atoms with Gasteiger partial charge in [0.15, 0.2) is 0 Å². The van der Waals surface area contributed by atoms with Gasteiger partial charge in [-0.1, -0.05) is 25.5 Å². The molecule has 1 aromatic rings. The van der Waals surface area contributed by atoms with Crippen LogP contribution in [0.2, 0.25) is 0 Å². The van der Waals surface area contributed by atoms with Crippen LogP contribution >= 0.6 is 0 Å². The Morgan fingerprint density at radius 2 is 2.10 bits per heavy atom. The van der Waals surface area contributed by atoms with Gasteiger partial charge in [-0.05, 0) is 43.4 Å². The van der Waals surface area contributed by atoms with Gasteiger partial charge in [0, 0.05) is 12.6 Å². The van der Waals surface area contributed by atoms with E-state index in [0.29, 0.717) is 18.0 Å². The maximum atomic E-state index is 12.5. The third kappa shape index (κ3) is 3.60. The summed E-state index contributed by atoms with van der Waals surface area (Å²) in [5.41, 5.74) is 1.64. The summed E-state index contributed by atoms with van der Waals surface area (Å²) in [6.07, 6.45) is 6.20. The largest absolute Gasteiger partial charge is 0.339 e. The van der Waals surface area contributed by atoms with Gasteiger partial charge >= 0.3 is 0 Å². The fourth-order valence-corrected chi connectivity index (χ4v) is 2.94. The van der Waals surface area contributed by atoms with E-state index in [-0.39, 0.29) is 5.91 Å². The zero-order valence-corrected chi connectivity index (χ0v) is 12.1. The third-order valence-corrected chi connectivity index (χ3v) is 4.01. The van der Waals surface area contributed by atoms with E-state index in [1.165, 1.54) is 6.42 Å². The topological polar surface area (TPSA) is 44.1 Å². The van der Waals surface area contributed by atoms with Crippen molar-refractivity contribution in [2.75, 3.05) is 6.54 Å². The van der Waals surface area contributed by atoms with Crippen molar-refractivity contribution in [2.24, 2.45) is 0 Å². The lowest BCUT2D eigenvalue weighted by molar-refractivity contribution is -0.134. The Balaban J connectivity index is 2.00. The maximum Gasteiger partial charge on any atom is 0.227 e. The average Bonchev–Trinajstić information content (AvgIpc) is 2.49.